The third-order valence-electron chi connectivity index (χ3n) is 3.43. The molecule has 0 spiro atoms. The van der Waals surface area contributed by atoms with E-state index in [4.69, 9.17) is 4.74 Å². The summed E-state index contributed by atoms with van der Waals surface area (Å²) in [6.45, 7) is 9.77. The molecule has 0 aromatic heterocycles. The van der Waals surface area contributed by atoms with Crippen molar-refractivity contribution in [2.75, 3.05) is 13.2 Å². The van der Waals surface area contributed by atoms with E-state index in [1.807, 2.05) is 13.0 Å². The van der Waals surface area contributed by atoms with Crippen LogP contribution in [0.1, 0.15) is 39.7 Å². The summed E-state index contributed by atoms with van der Waals surface area (Å²) in [5, 5.41) is 3.48. The van der Waals surface area contributed by atoms with Gasteiger partial charge in [0.05, 0.1) is 5.60 Å². The second kappa shape index (κ2) is 8.11. The first-order valence-electron chi connectivity index (χ1n) is 7.22. The summed E-state index contributed by atoms with van der Waals surface area (Å²) < 4.78 is 20.7. The van der Waals surface area contributed by atoms with E-state index in [-0.39, 0.29) is 17.5 Å². The van der Waals surface area contributed by atoms with Gasteiger partial charge in [0.15, 0.2) is 0 Å². The number of ether oxygens (including phenoxy) is 1. The zero-order valence-electron chi connectivity index (χ0n) is 12.8. The number of halogens is 2. The molecule has 0 aliphatic heterocycles. The highest BCUT2D eigenvalue weighted by atomic mass is 79.9. The van der Waals surface area contributed by atoms with Gasteiger partial charge in [-0.3, -0.25) is 0 Å². The van der Waals surface area contributed by atoms with Gasteiger partial charge in [-0.15, -0.1) is 0 Å². The van der Waals surface area contributed by atoms with Crippen molar-refractivity contribution in [2.45, 2.75) is 52.2 Å². The molecule has 0 heterocycles. The third kappa shape index (κ3) is 5.15. The fourth-order valence-electron chi connectivity index (χ4n) is 2.27. The van der Waals surface area contributed by atoms with Crippen LogP contribution in [0.3, 0.4) is 0 Å². The molecule has 1 rings (SSSR count). The van der Waals surface area contributed by atoms with E-state index >= 15 is 0 Å². The normalized spacial score (nSPS) is 13.5. The molecule has 0 saturated heterocycles. The van der Waals surface area contributed by atoms with E-state index in [0.29, 0.717) is 18.6 Å². The van der Waals surface area contributed by atoms with Crippen LogP contribution < -0.4 is 5.32 Å². The Balaban J connectivity index is 2.91. The van der Waals surface area contributed by atoms with Gasteiger partial charge in [-0.2, -0.15) is 0 Å². The lowest BCUT2D eigenvalue weighted by molar-refractivity contribution is -0.0381. The molecule has 0 bridgehead atoms. The fourth-order valence-corrected chi connectivity index (χ4v) is 2.68. The molecule has 0 fully saturated rings. The number of hydrogen-bond acceptors (Lipinski definition) is 2. The van der Waals surface area contributed by atoms with Crippen LogP contribution in [0.2, 0.25) is 0 Å². The van der Waals surface area contributed by atoms with Crippen LogP contribution in [-0.2, 0) is 11.2 Å². The summed E-state index contributed by atoms with van der Waals surface area (Å²) in [6, 6.07) is 5.15. The zero-order chi connectivity index (χ0) is 15.2. The number of benzene rings is 1. The van der Waals surface area contributed by atoms with Crippen LogP contribution >= 0.6 is 15.9 Å². The minimum atomic E-state index is -0.335. The fraction of sp³-hybridized carbons (Fsp3) is 0.625. The average molecular weight is 346 g/mol. The second-order valence-corrected chi connectivity index (χ2v) is 6.40. The van der Waals surface area contributed by atoms with E-state index in [1.165, 1.54) is 6.07 Å². The van der Waals surface area contributed by atoms with Crippen LogP contribution in [0, 0.1) is 5.82 Å². The molecule has 1 atom stereocenters. The maximum absolute atomic E-state index is 13.9. The number of nitrogens with one attached hydrogen (secondary N) is 1. The first kappa shape index (κ1) is 17.6. The Morgan fingerprint density at radius 1 is 1.35 bits per heavy atom. The van der Waals surface area contributed by atoms with Gasteiger partial charge < -0.3 is 10.1 Å². The molecule has 1 aromatic carbocycles. The van der Waals surface area contributed by atoms with Crippen molar-refractivity contribution in [2.24, 2.45) is 0 Å². The standard InChI is InChI=1S/C16H25BrFNO/c1-5-9-19-15(16(3,4)20-6-2)11-12-10-13(17)7-8-14(12)18/h7-8,10,15,19H,5-6,9,11H2,1-4H3. The Kier molecular flexibility index (Phi) is 7.13. The first-order valence-corrected chi connectivity index (χ1v) is 8.01. The van der Waals surface area contributed by atoms with Crippen LogP contribution in [0.5, 0.6) is 0 Å². The highest BCUT2D eigenvalue weighted by Gasteiger charge is 2.30. The molecular formula is C16H25BrFNO. The van der Waals surface area contributed by atoms with Gasteiger partial charge in [-0.25, -0.2) is 4.39 Å². The maximum Gasteiger partial charge on any atom is 0.126 e. The first-order chi connectivity index (χ1) is 9.40. The van der Waals surface area contributed by atoms with Crippen molar-refractivity contribution in [3.05, 3.63) is 34.1 Å². The lowest BCUT2D eigenvalue weighted by Gasteiger charge is -2.35. The summed E-state index contributed by atoms with van der Waals surface area (Å²) in [4.78, 5) is 0. The Bertz CT molecular complexity index is 423. The van der Waals surface area contributed by atoms with Gasteiger partial charge in [0.2, 0.25) is 0 Å². The van der Waals surface area contributed by atoms with Gasteiger partial charge in [-0.05, 0) is 63.9 Å². The Morgan fingerprint density at radius 2 is 2.05 bits per heavy atom. The molecule has 1 aromatic rings. The van der Waals surface area contributed by atoms with Crippen molar-refractivity contribution >= 4 is 15.9 Å². The van der Waals surface area contributed by atoms with Gasteiger partial charge in [0.25, 0.3) is 0 Å². The summed E-state index contributed by atoms with van der Waals surface area (Å²) in [5.74, 6) is -0.163. The highest BCUT2D eigenvalue weighted by molar-refractivity contribution is 9.10. The molecule has 0 radical (unpaired) electrons. The summed E-state index contributed by atoms with van der Waals surface area (Å²) >= 11 is 3.40. The Morgan fingerprint density at radius 3 is 2.65 bits per heavy atom. The lowest BCUT2D eigenvalue weighted by Crippen LogP contribution is -2.50. The van der Waals surface area contributed by atoms with Crippen molar-refractivity contribution in [1.29, 1.82) is 0 Å². The van der Waals surface area contributed by atoms with E-state index in [9.17, 15) is 4.39 Å². The average Bonchev–Trinajstić information content (AvgIpc) is 2.38. The van der Waals surface area contributed by atoms with E-state index in [2.05, 4.69) is 42.0 Å². The molecule has 0 aliphatic rings. The maximum atomic E-state index is 13.9. The van der Waals surface area contributed by atoms with Gasteiger partial charge in [-0.1, -0.05) is 22.9 Å². The monoisotopic (exact) mass is 345 g/mol. The molecule has 4 heteroatoms. The van der Waals surface area contributed by atoms with E-state index in [1.54, 1.807) is 6.07 Å². The molecule has 0 aliphatic carbocycles. The van der Waals surface area contributed by atoms with Crippen molar-refractivity contribution < 1.29 is 9.13 Å². The molecule has 20 heavy (non-hydrogen) atoms. The zero-order valence-corrected chi connectivity index (χ0v) is 14.4. The van der Waals surface area contributed by atoms with Crippen molar-refractivity contribution in [3.8, 4) is 0 Å². The molecule has 1 unspecified atom stereocenters. The summed E-state index contributed by atoms with van der Waals surface area (Å²) in [5.41, 5.74) is 0.374. The molecule has 2 nitrogen and oxygen atoms in total. The SMILES string of the molecule is CCCNC(Cc1cc(Br)ccc1F)C(C)(C)OCC. The second-order valence-electron chi connectivity index (χ2n) is 5.48. The molecule has 0 amide bonds. The predicted octanol–water partition coefficient (Wildman–Crippen LogP) is 4.31. The number of hydrogen-bond donors (Lipinski definition) is 1. The van der Waals surface area contributed by atoms with Crippen LogP contribution in [-0.4, -0.2) is 24.8 Å². The van der Waals surface area contributed by atoms with Crippen molar-refractivity contribution in [3.63, 3.8) is 0 Å². The van der Waals surface area contributed by atoms with Crippen LogP contribution in [0.4, 0.5) is 4.39 Å². The Labute approximate surface area is 130 Å². The topological polar surface area (TPSA) is 21.3 Å². The Hall–Kier alpha value is -0.450. The summed E-state index contributed by atoms with van der Waals surface area (Å²) in [7, 11) is 0. The molecule has 1 N–H and O–H groups in total. The third-order valence-corrected chi connectivity index (χ3v) is 3.92. The smallest absolute Gasteiger partial charge is 0.126 e. The highest BCUT2D eigenvalue weighted by Crippen LogP contribution is 2.23. The van der Waals surface area contributed by atoms with Gasteiger partial charge >= 0.3 is 0 Å². The predicted molar refractivity (Wildman–Crippen MR) is 85.6 cm³/mol. The number of rotatable bonds is 8. The van der Waals surface area contributed by atoms with Crippen LogP contribution in [0.15, 0.2) is 22.7 Å². The van der Waals surface area contributed by atoms with E-state index < -0.39 is 0 Å². The lowest BCUT2D eigenvalue weighted by atomic mass is 9.91. The van der Waals surface area contributed by atoms with Crippen molar-refractivity contribution in [1.82, 2.24) is 5.32 Å². The molecular weight excluding hydrogens is 321 g/mol. The molecule has 0 saturated carbocycles. The molecule has 114 valence electrons. The largest absolute Gasteiger partial charge is 0.374 e. The van der Waals surface area contributed by atoms with Gasteiger partial charge in [0, 0.05) is 17.1 Å². The van der Waals surface area contributed by atoms with Crippen LogP contribution in [0.25, 0.3) is 0 Å². The summed E-state index contributed by atoms with van der Waals surface area (Å²) in [6.07, 6.45) is 1.65. The van der Waals surface area contributed by atoms with E-state index in [0.717, 1.165) is 17.4 Å². The minimum absolute atomic E-state index is 0.0752. The van der Waals surface area contributed by atoms with Gasteiger partial charge in [0.1, 0.15) is 5.82 Å². The quantitative estimate of drug-likeness (QED) is 0.757. The minimum Gasteiger partial charge on any atom is -0.374 e.